The van der Waals surface area contributed by atoms with Crippen molar-refractivity contribution in [1.29, 1.82) is 0 Å². The van der Waals surface area contributed by atoms with Crippen LogP contribution in [0.3, 0.4) is 0 Å². The summed E-state index contributed by atoms with van der Waals surface area (Å²) in [5, 5.41) is 0. The van der Waals surface area contributed by atoms with E-state index in [4.69, 9.17) is 14.5 Å². The number of carbonyl (C=O) groups excluding carboxylic acids is 2. The highest BCUT2D eigenvalue weighted by Crippen LogP contribution is 2.36. The summed E-state index contributed by atoms with van der Waals surface area (Å²) in [6, 6.07) is 10.9. The number of phosphoric ester groups is 1. The quantitative estimate of drug-likeness (QED) is 0.664. The number of hydrogen-bond donors (Lipinski definition) is 2. The minimum absolute atomic E-state index is 0.0848. The first-order valence-corrected chi connectivity index (χ1v) is 10.9. The maximum Gasteiger partial charge on any atom is 0.469 e. The minimum atomic E-state index is -4.62. The van der Waals surface area contributed by atoms with E-state index in [0.717, 1.165) is 17.5 Å². The molecule has 0 radical (unpaired) electrons. The summed E-state index contributed by atoms with van der Waals surface area (Å²) in [7, 11) is -4.62. The number of rotatable bonds is 6. The van der Waals surface area contributed by atoms with Crippen LogP contribution in [0.25, 0.3) is 11.1 Å². The highest BCUT2D eigenvalue weighted by atomic mass is 31.2. The standard InChI is InChI=1S/C19H20N3O7P/c23-18-2-1-9-21(18)17-8-5-14(10-20-17)13-3-6-15(7-4-13)22-11-16(29-19(22)24)12-28-30(25,26)27/h3-8,10,16H,1-2,9,11-12H2,(H2,25,26,27)/t16-/m1/s1. The Morgan fingerprint density at radius 3 is 2.43 bits per heavy atom. The minimum Gasteiger partial charge on any atom is -0.441 e. The lowest BCUT2D eigenvalue weighted by atomic mass is 10.1. The zero-order valence-electron chi connectivity index (χ0n) is 15.9. The van der Waals surface area contributed by atoms with Gasteiger partial charge in [-0.1, -0.05) is 12.1 Å². The average molecular weight is 433 g/mol. The molecular formula is C19H20N3O7P. The Balaban J connectivity index is 1.42. The molecule has 2 aliphatic heterocycles. The van der Waals surface area contributed by atoms with Crippen LogP contribution in [0.5, 0.6) is 0 Å². The number of hydrogen-bond acceptors (Lipinski definition) is 6. The van der Waals surface area contributed by atoms with E-state index in [1.807, 2.05) is 24.3 Å². The van der Waals surface area contributed by atoms with Crippen molar-refractivity contribution in [3.8, 4) is 11.1 Å². The van der Waals surface area contributed by atoms with Crippen LogP contribution in [0, 0.1) is 0 Å². The fraction of sp³-hybridized carbons (Fsp3) is 0.316. The number of amides is 2. The average Bonchev–Trinajstić information content (AvgIpc) is 3.31. The van der Waals surface area contributed by atoms with Gasteiger partial charge in [-0.05, 0) is 36.2 Å². The summed E-state index contributed by atoms with van der Waals surface area (Å²) in [5.41, 5.74) is 2.35. The second-order valence-corrected chi connectivity index (χ2v) is 8.24. The Morgan fingerprint density at radius 2 is 1.83 bits per heavy atom. The summed E-state index contributed by atoms with van der Waals surface area (Å²) in [6.45, 7) is 0.423. The maximum absolute atomic E-state index is 12.1. The molecule has 2 aliphatic rings. The van der Waals surface area contributed by atoms with Crippen LogP contribution in [0.2, 0.25) is 0 Å². The monoisotopic (exact) mass is 433 g/mol. The van der Waals surface area contributed by atoms with E-state index in [9.17, 15) is 14.2 Å². The molecule has 0 bridgehead atoms. The Kier molecular flexibility index (Phi) is 5.57. The zero-order valence-corrected chi connectivity index (χ0v) is 16.8. The Hall–Kier alpha value is -2.78. The van der Waals surface area contributed by atoms with Crippen LogP contribution in [0.1, 0.15) is 12.8 Å². The molecule has 1 aromatic carbocycles. The lowest BCUT2D eigenvalue weighted by Crippen LogP contribution is -2.25. The molecule has 10 nitrogen and oxygen atoms in total. The first-order valence-electron chi connectivity index (χ1n) is 9.35. The fourth-order valence-electron chi connectivity index (χ4n) is 3.44. The van der Waals surface area contributed by atoms with Gasteiger partial charge in [0.1, 0.15) is 11.9 Å². The van der Waals surface area contributed by atoms with Crippen molar-refractivity contribution in [2.24, 2.45) is 0 Å². The van der Waals surface area contributed by atoms with Gasteiger partial charge in [0.25, 0.3) is 0 Å². The summed E-state index contributed by atoms with van der Waals surface area (Å²) in [6.07, 6.45) is 1.72. The second-order valence-electron chi connectivity index (χ2n) is 7.00. The summed E-state index contributed by atoms with van der Waals surface area (Å²) >= 11 is 0. The summed E-state index contributed by atoms with van der Waals surface area (Å²) < 4.78 is 20.3. The molecular weight excluding hydrogens is 413 g/mol. The number of carbonyl (C=O) groups is 2. The largest absolute Gasteiger partial charge is 0.469 e. The van der Waals surface area contributed by atoms with Crippen molar-refractivity contribution in [2.75, 3.05) is 29.5 Å². The number of cyclic esters (lactones) is 1. The van der Waals surface area contributed by atoms with Crippen LogP contribution in [0.4, 0.5) is 16.3 Å². The molecule has 2 saturated heterocycles. The molecule has 30 heavy (non-hydrogen) atoms. The van der Waals surface area contributed by atoms with Crippen molar-refractivity contribution in [2.45, 2.75) is 18.9 Å². The molecule has 11 heteroatoms. The van der Waals surface area contributed by atoms with Crippen LogP contribution >= 0.6 is 7.82 Å². The normalized spacial score (nSPS) is 19.5. The molecule has 0 saturated carbocycles. The van der Waals surface area contributed by atoms with Crippen molar-refractivity contribution >= 4 is 31.3 Å². The molecule has 3 heterocycles. The number of aromatic nitrogens is 1. The molecule has 0 unspecified atom stereocenters. The van der Waals surface area contributed by atoms with Gasteiger partial charge in [-0.3, -0.25) is 19.1 Å². The number of benzene rings is 1. The van der Waals surface area contributed by atoms with Crippen molar-refractivity contribution in [1.82, 2.24) is 4.98 Å². The SMILES string of the molecule is O=C1O[C@@H](COP(=O)(O)O)CN1c1ccc(-c2ccc(N3CCCC3=O)nc2)cc1. The highest BCUT2D eigenvalue weighted by molar-refractivity contribution is 7.46. The van der Waals surface area contributed by atoms with Crippen molar-refractivity contribution in [3.05, 3.63) is 42.6 Å². The van der Waals surface area contributed by atoms with Crippen LogP contribution in [-0.2, 0) is 18.6 Å². The third-order valence-electron chi connectivity index (χ3n) is 4.91. The molecule has 0 spiro atoms. The second kappa shape index (κ2) is 8.16. The highest BCUT2D eigenvalue weighted by Gasteiger charge is 2.34. The summed E-state index contributed by atoms with van der Waals surface area (Å²) in [4.78, 5) is 48.9. The molecule has 2 fully saturated rings. The number of nitrogens with zero attached hydrogens (tertiary/aromatic N) is 3. The van der Waals surface area contributed by atoms with Crippen LogP contribution in [0.15, 0.2) is 42.6 Å². The Labute approximate surface area is 172 Å². The van der Waals surface area contributed by atoms with Gasteiger partial charge in [-0.2, -0.15) is 0 Å². The lowest BCUT2D eigenvalue weighted by molar-refractivity contribution is -0.117. The molecule has 1 atom stereocenters. The first kappa shape index (κ1) is 20.5. The van der Waals surface area contributed by atoms with Gasteiger partial charge in [0, 0.05) is 30.4 Å². The number of phosphoric acid groups is 1. The molecule has 1 aromatic heterocycles. The van der Waals surface area contributed by atoms with E-state index in [-0.39, 0.29) is 19.1 Å². The van der Waals surface area contributed by atoms with Gasteiger partial charge in [0.15, 0.2) is 0 Å². The van der Waals surface area contributed by atoms with Crippen molar-refractivity contribution in [3.63, 3.8) is 0 Å². The Morgan fingerprint density at radius 1 is 1.10 bits per heavy atom. The Bertz CT molecular complexity index is 990. The fourth-order valence-corrected chi connectivity index (χ4v) is 3.80. The van der Waals surface area contributed by atoms with Crippen LogP contribution in [-0.4, -0.2) is 52.6 Å². The van der Waals surface area contributed by atoms with E-state index in [1.165, 1.54) is 4.90 Å². The molecule has 4 rings (SSSR count). The topological polar surface area (TPSA) is 130 Å². The summed E-state index contributed by atoms with van der Waals surface area (Å²) in [5.74, 6) is 0.725. The third kappa shape index (κ3) is 4.52. The molecule has 2 aromatic rings. The predicted octanol–water partition coefficient (Wildman–Crippen LogP) is 2.31. The van der Waals surface area contributed by atoms with Crippen LogP contribution < -0.4 is 9.80 Å². The zero-order chi connectivity index (χ0) is 21.3. The van der Waals surface area contributed by atoms with Crippen molar-refractivity contribution < 1.29 is 33.2 Å². The van der Waals surface area contributed by atoms with E-state index in [2.05, 4.69) is 9.51 Å². The number of pyridine rings is 1. The van der Waals surface area contributed by atoms with Gasteiger partial charge in [0.2, 0.25) is 5.91 Å². The molecule has 2 N–H and O–H groups in total. The van der Waals surface area contributed by atoms with E-state index >= 15 is 0 Å². The maximum atomic E-state index is 12.1. The first-order chi connectivity index (χ1) is 14.3. The molecule has 0 aliphatic carbocycles. The van der Waals surface area contributed by atoms with E-state index in [0.29, 0.717) is 24.5 Å². The number of ether oxygens (including phenoxy) is 1. The third-order valence-corrected chi connectivity index (χ3v) is 5.40. The molecule has 158 valence electrons. The van der Waals surface area contributed by atoms with Gasteiger partial charge in [-0.15, -0.1) is 0 Å². The van der Waals surface area contributed by atoms with Gasteiger partial charge < -0.3 is 14.5 Å². The predicted molar refractivity (Wildman–Crippen MR) is 107 cm³/mol. The smallest absolute Gasteiger partial charge is 0.441 e. The molecule has 2 amide bonds. The number of anilines is 2. The van der Waals surface area contributed by atoms with Gasteiger partial charge >= 0.3 is 13.9 Å². The van der Waals surface area contributed by atoms with Gasteiger partial charge in [-0.25, -0.2) is 14.3 Å². The lowest BCUT2D eigenvalue weighted by Gasteiger charge is -2.15. The van der Waals surface area contributed by atoms with Gasteiger partial charge in [0.05, 0.1) is 13.2 Å². The van der Waals surface area contributed by atoms with E-state index in [1.54, 1.807) is 23.2 Å². The van der Waals surface area contributed by atoms with E-state index < -0.39 is 20.0 Å².